The summed E-state index contributed by atoms with van der Waals surface area (Å²) in [5, 5.41) is 6.82. The van der Waals surface area contributed by atoms with Crippen LogP contribution in [0.3, 0.4) is 0 Å². The molecule has 4 heteroatoms. The molecule has 1 aromatic heterocycles. The molecule has 0 aromatic carbocycles. The van der Waals surface area contributed by atoms with E-state index in [9.17, 15) is 0 Å². The van der Waals surface area contributed by atoms with Crippen molar-refractivity contribution in [3.63, 3.8) is 0 Å². The van der Waals surface area contributed by atoms with Crippen molar-refractivity contribution in [3.05, 3.63) is 18.2 Å². The lowest BCUT2D eigenvalue weighted by molar-refractivity contribution is 0.295. The van der Waals surface area contributed by atoms with E-state index in [1.54, 1.807) is 0 Å². The zero-order chi connectivity index (χ0) is 15.5. The minimum atomic E-state index is 0.453. The summed E-state index contributed by atoms with van der Waals surface area (Å²) >= 11 is 0. The average Bonchev–Trinajstić information content (AvgIpc) is 2.50. The van der Waals surface area contributed by atoms with Crippen LogP contribution in [-0.4, -0.2) is 42.1 Å². The predicted octanol–water partition coefficient (Wildman–Crippen LogP) is 3.83. The van der Waals surface area contributed by atoms with Crippen LogP contribution in [0.2, 0.25) is 0 Å². The van der Waals surface area contributed by atoms with Crippen LogP contribution in [0.15, 0.2) is 18.2 Å². The van der Waals surface area contributed by atoms with Crippen molar-refractivity contribution < 1.29 is 0 Å². The van der Waals surface area contributed by atoms with Crippen LogP contribution in [0, 0.1) is 0 Å². The summed E-state index contributed by atoms with van der Waals surface area (Å²) in [5.74, 6) is 1.92. The number of nitrogens with one attached hydrogen (secondary N) is 2. The highest BCUT2D eigenvalue weighted by atomic mass is 15.1. The third-order valence-corrected chi connectivity index (χ3v) is 3.71. The zero-order valence-electron chi connectivity index (χ0n) is 14.2. The predicted molar refractivity (Wildman–Crippen MR) is 93.1 cm³/mol. The van der Waals surface area contributed by atoms with Gasteiger partial charge in [0, 0.05) is 12.6 Å². The Kier molecular flexibility index (Phi) is 8.83. The van der Waals surface area contributed by atoms with Gasteiger partial charge in [-0.15, -0.1) is 0 Å². The summed E-state index contributed by atoms with van der Waals surface area (Å²) in [5.41, 5.74) is 0. The number of aromatic nitrogens is 1. The van der Waals surface area contributed by atoms with Gasteiger partial charge in [0.1, 0.15) is 11.6 Å². The van der Waals surface area contributed by atoms with E-state index >= 15 is 0 Å². The van der Waals surface area contributed by atoms with Gasteiger partial charge in [-0.25, -0.2) is 4.98 Å². The molecule has 0 amide bonds. The van der Waals surface area contributed by atoms with Crippen molar-refractivity contribution in [3.8, 4) is 0 Å². The van der Waals surface area contributed by atoms with Gasteiger partial charge in [-0.05, 0) is 58.0 Å². The molecular formula is C17H32N4. The summed E-state index contributed by atoms with van der Waals surface area (Å²) in [6.07, 6.45) is 3.51. The number of nitrogens with zero attached hydrogens (tertiary/aromatic N) is 2. The summed E-state index contributed by atoms with van der Waals surface area (Å²) in [6, 6.07) is 6.56. The first-order valence-corrected chi connectivity index (χ1v) is 8.39. The largest absolute Gasteiger partial charge is 0.370 e. The summed E-state index contributed by atoms with van der Waals surface area (Å²) in [4.78, 5) is 7.07. The van der Waals surface area contributed by atoms with Gasteiger partial charge in [0.2, 0.25) is 0 Å². The van der Waals surface area contributed by atoms with Gasteiger partial charge in [-0.3, -0.25) is 0 Å². The highest BCUT2D eigenvalue weighted by Gasteiger charge is 2.05. The van der Waals surface area contributed by atoms with E-state index in [0.717, 1.165) is 37.7 Å². The Morgan fingerprint density at radius 3 is 2.52 bits per heavy atom. The number of rotatable bonds is 11. The minimum Gasteiger partial charge on any atom is -0.370 e. The molecule has 1 rings (SSSR count). The highest BCUT2D eigenvalue weighted by molar-refractivity contribution is 5.45. The van der Waals surface area contributed by atoms with Gasteiger partial charge in [-0.1, -0.05) is 26.8 Å². The number of hydrogen-bond acceptors (Lipinski definition) is 4. The Morgan fingerprint density at radius 2 is 1.86 bits per heavy atom. The van der Waals surface area contributed by atoms with Gasteiger partial charge in [0.25, 0.3) is 0 Å². The van der Waals surface area contributed by atoms with Crippen molar-refractivity contribution in [1.29, 1.82) is 0 Å². The summed E-state index contributed by atoms with van der Waals surface area (Å²) in [7, 11) is 0. The molecule has 0 aliphatic rings. The molecule has 0 aliphatic heterocycles. The molecule has 1 heterocycles. The minimum absolute atomic E-state index is 0.453. The lowest BCUT2D eigenvalue weighted by Crippen LogP contribution is -2.25. The van der Waals surface area contributed by atoms with Crippen LogP contribution in [0.1, 0.15) is 47.0 Å². The fourth-order valence-corrected chi connectivity index (χ4v) is 2.35. The van der Waals surface area contributed by atoms with Crippen LogP contribution >= 0.6 is 0 Å². The van der Waals surface area contributed by atoms with Crippen molar-refractivity contribution in [2.24, 2.45) is 0 Å². The SMILES string of the molecule is CCCNc1cccc(NC(C)CCCN(CC)CC)n1. The van der Waals surface area contributed by atoms with Gasteiger partial charge in [0.05, 0.1) is 0 Å². The van der Waals surface area contributed by atoms with Crippen LogP contribution < -0.4 is 10.6 Å². The van der Waals surface area contributed by atoms with E-state index in [4.69, 9.17) is 0 Å². The first kappa shape index (κ1) is 17.8. The van der Waals surface area contributed by atoms with E-state index in [0.29, 0.717) is 6.04 Å². The first-order chi connectivity index (χ1) is 10.2. The Morgan fingerprint density at radius 1 is 1.14 bits per heavy atom. The molecule has 0 saturated carbocycles. The number of hydrogen-bond donors (Lipinski definition) is 2. The second kappa shape index (κ2) is 10.4. The van der Waals surface area contributed by atoms with E-state index in [1.165, 1.54) is 19.4 Å². The molecule has 0 bridgehead atoms. The van der Waals surface area contributed by atoms with Crippen LogP contribution in [0.5, 0.6) is 0 Å². The Balaban J connectivity index is 2.35. The number of anilines is 2. The molecule has 1 aromatic rings. The molecule has 1 atom stereocenters. The molecule has 1 unspecified atom stereocenters. The Bertz CT molecular complexity index is 377. The maximum absolute atomic E-state index is 4.59. The molecule has 0 spiro atoms. The van der Waals surface area contributed by atoms with Crippen molar-refractivity contribution in [2.75, 3.05) is 36.8 Å². The van der Waals surface area contributed by atoms with Crippen molar-refractivity contribution in [1.82, 2.24) is 9.88 Å². The number of pyridine rings is 1. The van der Waals surface area contributed by atoms with Crippen molar-refractivity contribution in [2.45, 2.75) is 53.0 Å². The highest BCUT2D eigenvalue weighted by Crippen LogP contribution is 2.12. The van der Waals surface area contributed by atoms with Gasteiger partial charge >= 0.3 is 0 Å². The van der Waals surface area contributed by atoms with E-state index in [1.807, 2.05) is 12.1 Å². The van der Waals surface area contributed by atoms with Gasteiger partial charge < -0.3 is 15.5 Å². The van der Waals surface area contributed by atoms with Gasteiger partial charge in [-0.2, -0.15) is 0 Å². The normalized spacial score (nSPS) is 12.4. The topological polar surface area (TPSA) is 40.2 Å². The van der Waals surface area contributed by atoms with Crippen LogP contribution in [0.4, 0.5) is 11.6 Å². The Labute approximate surface area is 130 Å². The second-order valence-electron chi connectivity index (χ2n) is 5.55. The maximum atomic E-state index is 4.59. The summed E-state index contributed by atoms with van der Waals surface area (Å²) < 4.78 is 0. The lowest BCUT2D eigenvalue weighted by atomic mass is 10.1. The fourth-order valence-electron chi connectivity index (χ4n) is 2.35. The summed E-state index contributed by atoms with van der Waals surface area (Å²) in [6.45, 7) is 13.3. The molecule has 0 fully saturated rings. The second-order valence-corrected chi connectivity index (χ2v) is 5.55. The molecule has 0 aliphatic carbocycles. The lowest BCUT2D eigenvalue weighted by Gasteiger charge is -2.20. The molecule has 0 radical (unpaired) electrons. The molecular weight excluding hydrogens is 260 g/mol. The quantitative estimate of drug-likeness (QED) is 0.650. The Hall–Kier alpha value is -1.29. The molecule has 4 nitrogen and oxygen atoms in total. The average molecular weight is 292 g/mol. The smallest absolute Gasteiger partial charge is 0.128 e. The third kappa shape index (κ3) is 7.32. The maximum Gasteiger partial charge on any atom is 0.128 e. The van der Waals surface area contributed by atoms with E-state index in [-0.39, 0.29) is 0 Å². The van der Waals surface area contributed by atoms with E-state index < -0.39 is 0 Å². The first-order valence-electron chi connectivity index (χ1n) is 8.39. The zero-order valence-corrected chi connectivity index (χ0v) is 14.2. The molecule has 2 N–H and O–H groups in total. The molecule has 21 heavy (non-hydrogen) atoms. The van der Waals surface area contributed by atoms with Crippen LogP contribution in [0.25, 0.3) is 0 Å². The third-order valence-electron chi connectivity index (χ3n) is 3.71. The van der Waals surface area contributed by atoms with E-state index in [2.05, 4.69) is 54.3 Å². The fraction of sp³-hybridized carbons (Fsp3) is 0.706. The van der Waals surface area contributed by atoms with Crippen molar-refractivity contribution >= 4 is 11.6 Å². The van der Waals surface area contributed by atoms with Gasteiger partial charge in [0.15, 0.2) is 0 Å². The molecule has 120 valence electrons. The van der Waals surface area contributed by atoms with Crippen LogP contribution in [-0.2, 0) is 0 Å². The monoisotopic (exact) mass is 292 g/mol. The molecule has 0 saturated heterocycles. The standard InChI is InChI=1S/C17H32N4/c1-5-13-18-16-11-8-12-17(20-16)19-15(4)10-9-14-21(6-2)7-3/h8,11-12,15H,5-7,9-10,13-14H2,1-4H3,(H2,18,19,20).